The molecule has 0 radical (unpaired) electrons. The van der Waals surface area contributed by atoms with E-state index in [2.05, 4.69) is 10.2 Å². The van der Waals surface area contributed by atoms with Crippen molar-refractivity contribution >= 4 is 6.29 Å². The van der Waals surface area contributed by atoms with Crippen LogP contribution in [0.2, 0.25) is 0 Å². The molecular weight excluding hydrogens is 180 g/mol. The van der Waals surface area contributed by atoms with Gasteiger partial charge in [0.2, 0.25) is 0 Å². The van der Waals surface area contributed by atoms with Crippen LogP contribution in [0.4, 0.5) is 0 Å². The van der Waals surface area contributed by atoms with Crippen LogP contribution in [0.5, 0.6) is 0 Å². The van der Waals surface area contributed by atoms with E-state index < -0.39 is 0 Å². The van der Waals surface area contributed by atoms with E-state index in [-0.39, 0.29) is 0 Å². The van der Waals surface area contributed by atoms with Crippen molar-refractivity contribution in [3.05, 3.63) is 29.9 Å². The van der Waals surface area contributed by atoms with Crippen LogP contribution in [0.25, 0.3) is 11.3 Å². The van der Waals surface area contributed by atoms with Gasteiger partial charge in [0.1, 0.15) is 5.69 Å². The van der Waals surface area contributed by atoms with Crippen LogP contribution in [0, 0.1) is 0 Å². The summed E-state index contributed by atoms with van der Waals surface area (Å²) in [5.74, 6) is 0. The molecule has 14 heavy (non-hydrogen) atoms. The summed E-state index contributed by atoms with van der Waals surface area (Å²) >= 11 is 0. The average molecular weight is 190 g/mol. The minimum absolute atomic E-state index is 0.619. The van der Waals surface area contributed by atoms with Crippen molar-refractivity contribution in [1.29, 1.82) is 0 Å². The predicted molar refractivity (Wildman–Crippen MR) is 51.1 cm³/mol. The van der Waals surface area contributed by atoms with Crippen LogP contribution < -0.4 is 0 Å². The van der Waals surface area contributed by atoms with Crippen LogP contribution in [-0.2, 0) is 6.42 Å². The lowest BCUT2D eigenvalue weighted by Gasteiger charge is -1.92. The molecule has 2 aromatic heterocycles. The molecule has 1 N–H and O–H groups in total. The number of carbonyl (C=O) groups is 1. The Balaban J connectivity index is 2.54. The molecule has 0 aliphatic rings. The third kappa shape index (κ3) is 1.25. The van der Waals surface area contributed by atoms with Crippen molar-refractivity contribution in [3.8, 4) is 11.3 Å². The van der Waals surface area contributed by atoms with E-state index in [0.29, 0.717) is 11.3 Å². The van der Waals surface area contributed by atoms with Gasteiger partial charge in [-0.2, -0.15) is 5.10 Å². The molecule has 0 bridgehead atoms. The van der Waals surface area contributed by atoms with Crippen molar-refractivity contribution in [2.75, 3.05) is 0 Å². The molecule has 4 nitrogen and oxygen atoms in total. The molecule has 0 fully saturated rings. The minimum atomic E-state index is 0.619. The maximum absolute atomic E-state index is 10.9. The Morgan fingerprint density at radius 3 is 3.07 bits per heavy atom. The number of H-pyrrole nitrogens is 1. The van der Waals surface area contributed by atoms with Gasteiger partial charge in [0, 0.05) is 11.3 Å². The number of aromatic nitrogens is 2. The molecule has 0 unspecified atom stereocenters. The van der Waals surface area contributed by atoms with E-state index >= 15 is 0 Å². The smallest absolute Gasteiger partial charge is 0.154 e. The lowest BCUT2D eigenvalue weighted by Crippen LogP contribution is -1.88. The number of aldehydes is 1. The van der Waals surface area contributed by atoms with Crippen molar-refractivity contribution in [2.45, 2.75) is 13.3 Å². The summed E-state index contributed by atoms with van der Waals surface area (Å²) in [5.41, 5.74) is 2.96. The highest BCUT2D eigenvalue weighted by atomic mass is 16.3. The van der Waals surface area contributed by atoms with Crippen molar-refractivity contribution in [2.24, 2.45) is 0 Å². The van der Waals surface area contributed by atoms with Gasteiger partial charge in [0.15, 0.2) is 6.29 Å². The topological polar surface area (TPSA) is 58.9 Å². The summed E-state index contributed by atoms with van der Waals surface area (Å²) in [6.45, 7) is 1.97. The molecule has 0 saturated carbocycles. The molecule has 2 heterocycles. The van der Waals surface area contributed by atoms with Gasteiger partial charge in [-0.25, -0.2) is 0 Å². The zero-order valence-electron chi connectivity index (χ0n) is 7.78. The molecule has 0 aliphatic carbocycles. The molecular formula is C10H10N2O2. The number of nitrogens with one attached hydrogen (secondary N) is 1. The van der Waals surface area contributed by atoms with Gasteiger partial charge in [0.25, 0.3) is 0 Å². The highest BCUT2D eigenvalue weighted by Crippen LogP contribution is 2.22. The Morgan fingerprint density at radius 1 is 1.64 bits per heavy atom. The fourth-order valence-corrected chi connectivity index (χ4v) is 1.40. The quantitative estimate of drug-likeness (QED) is 0.753. The third-order valence-electron chi connectivity index (χ3n) is 2.15. The number of nitrogens with zero attached hydrogens (tertiary/aromatic N) is 1. The average Bonchev–Trinajstić information content (AvgIpc) is 2.85. The molecule has 0 aromatic carbocycles. The summed E-state index contributed by atoms with van der Waals surface area (Å²) in [7, 11) is 0. The summed E-state index contributed by atoms with van der Waals surface area (Å²) in [6, 6.07) is 1.78. The Bertz CT molecular complexity index is 429. The maximum Gasteiger partial charge on any atom is 0.154 e. The normalized spacial score (nSPS) is 10.4. The van der Waals surface area contributed by atoms with Gasteiger partial charge in [-0.1, -0.05) is 6.92 Å². The first kappa shape index (κ1) is 8.74. The first-order valence-electron chi connectivity index (χ1n) is 4.41. The Morgan fingerprint density at radius 2 is 2.50 bits per heavy atom. The van der Waals surface area contributed by atoms with Gasteiger partial charge in [-0.05, 0) is 12.5 Å². The SMILES string of the molecule is CCc1[nH]nc(-c2ccoc2)c1C=O. The second-order valence-electron chi connectivity index (χ2n) is 2.95. The number of rotatable bonds is 3. The lowest BCUT2D eigenvalue weighted by atomic mass is 10.1. The number of aromatic amines is 1. The Hall–Kier alpha value is -1.84. The second-order valence-corrected chi connectivity index (χ2v) is 2.95. The molecule has 0 atom stereocenters. The highest BCUT2D eigenvalue weighted by Gasteiger charge is 2.13. The molecule has 2 rings (SSSR count). The number of furan rings is 1. The van der Waals surface area contributed by atoms with E-state index in [1.807, 2.05) is 6.92 Å². The maximum atomic E-state index is 10.9. The van der Waals surface area contributed by atoms with Crippen molar-refractivity contribution < 1.29 is 9.21 Å². The second kappa shape index (κ2) is 3.49. The number of aryl methyl sites for hydroxylation is 1. The van der Waals surface area contributed by atoms with Gasteiger partial charge >= 0.3 is 0 Å². The summed E-state index contributed by atoms with van der Waals surface area (Å²) < 4.78 is 4.94. The van der Waals surface area contributed by atoms with E-state index in [0.717, 1.165) is 24.0 Å². The van der Waals surface area contributed by atoms with Crippen molar-refractivity contribution in [1.82, 2.24) is 10.2 Å². The third-order valence-corrected chi connectivity index (χ3v) is 2.15. The fraction of sp³-hybridized carbons (Fsp3) is 0.200. The Labute approximate surface area is 80.9 Å². The highest BCUT2D eigenvalue weighted by molar-refractivity contribution is 5.86. The monoisotopic (exact) mass is 190 g/mol. The zero-order valence-corrected chi connectivity index (χ0v) is 7.78. The minimum Gasteiger partial charge on any atom is -0.472 e. The largest absolute Gasteiger partial charge is 0.472 e. The number of carbonyl (C=O) groups excluding carboxylic acids is 1. The molecule has 4 heteroatoms. The number of hydrogen-bond donors (Lipinski definition) is 1. The summed E-state index contributed by atoms with van der Waals surface area (Å²) in [6.07, 6.45) is 4.72. The van der Waals surface area contributed by atoms with Crippen LogP contribution in [-0.4, -0.2) is 16.5 Å². The zero-order chi connectivity index (χ0) is 9.97. The fourth-order valence-electron chi connectivity index (χ4n) is 1.40. The van der Waals surface area contributed by atoms with Gasteiger partial charge in [-0.3, -0.25) is 9.89 Å². The van der Waals surface area contributed by atoms with E-state index in [4.69, 9.17) is 4.42 Å². The molecule has 0 spiro atoms. The van der Waals surface area contributed by atoms with E-state index in [1.165, 1.54) is 0 Å². The molecule has 0 amide bonds. The summed E-state index contributed by atoms with van der Waals surface area (Å²) in [4.78, 5) is 10.9. The summed E-state index contributed by atoms with van der Waals surface area (Å²) in [5, 5.41) is 6.92. The standard InChI is InChI=1S/C10H10N2O2/c1-2-9-8(5-13)10(12-11-9)7-3-4-14-6-7/h3-6H,2H2,1H3,(H,11,12). The Kier molecular flexibility index (Phi) is 2.18. The van der Waals surface area contributed by atoms with Crippen LogP contribution >= 0.6 is 0 Å². The van der Waals surface area contributed by atoms with Gasteiger partial charge < -0.3 is 4.42 Å². The van der Waals surface area contributed by atoms with Crippen LogP contribution in [0.3, 0.4) is 0 Å². The predicted octanol–water partition coefficient (Wildman–Crippen LogP) is 2.04. The molecule has 0 aliphatic heterocycles. The van der Waals surface area contributed by atoms with Crippen molar-refractivity contribution in [3.63, 3.8) is 0 Å². The van der Waals surface area contributed by atoms with Gasteiger partial charge in [-0.15, -0.1) is 0 Å². The molecule has 2 aromatic rings. The van der Waals surface area contributed by atoms with E-state index in [9.17, 15) is 4.79 Å². The van der Waals surface area contributed by atoms with Crippen LogP contribution in [0.15, 0.2) is 23.0 Å². The lowest BCUT2D eigenvalue weighted by molar-refractivity contribution is 0.112. The van der Waals surface area contributed by atoms with E-state index in [1.54, 1.807) is 18.6 Å². The molecule has 0 saturated heterocycles. The molecule has 72 valence electrons. The number of hydrogen-bond acceptors (Lipinski definition) is 3. The van der Waals surface area contributed by atoms with Gasteiger partial charge in [0.05, 0.1) is 18.1 Å². The van der Waals surface area contributed by atoms with Crippen LogP contribution in [0.1, 0.15) is 23.0 Å². The first-order chi connectivity index (χ1) is 6.86. The first-order valence-corrected chi connectivity index (χ1v) is 4.41.